The van der Waals surface area contributed by atoms with Gasteiger partial charge in [-0.1, -0.05) is 38.8 Å². The number of aromatic nitrogens is 2. The zero-order valence-electron chi connectivity index (χ0n) is 12.3. The quantitative estimate of drug-likeness (QED) is 0.832. The van der Waals surface area contributed by atoms with Crippen molar-refractivity contribution in [1.82, 2.24) is 10.1 Å². The topological polar surface area (TPSA) is 56.0 Å². The van der Waals surface area contributed by atoms with Crippen molar-refractivity contribution in [3.63, 3.8) is 0 Å². The highest BCUT2D eigenvalue weighted by atomic mass is 16.5. The van der Waals surface area contributed by atoms with Gasteiger partial charge in [-0.15, -0.1) is 0 Å². The highest BCUT2D eigenvalue weighted by Crippen LogP contribution is 2.35. The predicted octanol–water partition coefficient (Wildman–Crippen LogP) is 3.69. The lowest BCUT2D eigenvalue weighted by molar-refractivity contribution is -0.119. The van der Waals surface area contributed by atoms with Gasteiger partial charge in [0.25, 0.3) is 0 Å². The predicted molar refractivity (Wildman–Crippen MR) is 72.9 cm³/mol. The molecule has 4 heteroatoms. The lowest BCUT2D eigenvalue weighted by atomic mass is 9.82. The standard InChI is InChI=1S/C15H24N2O2/c1-9(2)13(11(4)18)15-16-14(17-19-15)12-7-5-10(3)6-8-12/h9-10,12-13H,5-8H2,1-4H3. The molecule has 0 radical (unpaired) electrons. The van der Waals surface area contributed by atoms with Crippen LogP contribution in [-0.4, -0.2) is 15.9 Å². The molecule has 0 saturated heterocycles. The van der Waals surface area contributed by atoms with E-state index >= 15 is 0 Å². The van der Waals surface area contributed by atoms with E-state index in [0.717, 1.165) is 24.6 Å². The minimum Gasteiger partial charge on any atom is -0.339 e. The first-order valence-corrected chi connectivity index (χ1v) is 7.33. The Balaban J connectivity index is 2.12. The van der Waals surface area contributed by atoms with Crippen molar-refractivity contribution in [1.29, 1.82) is 0 Å². The third-order valence-corrected chi connectivity index (χ3v) is 4.21. The normalized spacial score (nSPS) is 25.5. The van der Waals surface area contributed by atoms with Gasteiger partial charge in [-0.2, -0.15) is 4.98 Å². The number of hydrogen-bond donors (Lipinski definition) is 0. The third kappa shape index (κ3) is 3.23. The van der Waals surface area contributed by atoms with E-state index in [2.05, 4.69) is 17.1 Å². The Bertz CT molecular complexity index is 431. The van der Waals surface area contributed by atoms with Crippen molar-refractivity contribution in [2.75, 3.05) is 0 Å². The van der Waals surface area contributed by atoms with Crippen LogP contribution in [0.1, 0.15) is 76.9 Å². The summed E-state index contributed by atoms with van der Waals surface area (Å²) in [5, 5.41) is 4.11. The Morgan fingerprint density at radius 1 is 1.26 bits per heavy atom. The molecule has 0 N–H and O–H groups in total. The number of ketones is 1. The van der Waals surface area contributed by atoms with Gasteiger partial charge in [-0.3, -0.25) is 4.79 Å². The Morgan fingerprint density at radius 3 is 2.42 bits per heavy atom. The molecule has 1 fully saturated rings. The minimum absolute atomic E-state index is 0.0995. The van der Waals surface area contributed by atoms with Crippen LogP contribution in [-0.2, 0) is 4.79 Å². The average molecular weight is 264 g/mol. The molecule has 1 aliphatic carbocycles. The Hall–Kier alpha value is -1.19. The van der Waals surface area contributed by atoms with Gasteiger partial charge in [-0.25, -0.2) is 0 Å². The first kappa shape index (κ1) is 14.2. The molecule has 0 bridgehead atoms. The van der Waals surface area contributed by atoms with Crippen molar-refractivity contribution in [2.24, 2.45) is 11.8 Å². The summed E-state index contributed by atoms with van der Waals surface area (Å²) in [6, 6.07) is 0. The van der Waals surface area contributed by atoms with Crippen LogP contribution in [0.2, 0.25) is 0 Å². The maximum atomic E-state index is 11.7. The van der Waals surface area contributed by atoms with Crippen LogP contribution in [0.15, 0.2) is 4.52 Å². The summed E-state index contributed by atoms with van der Waals surface area (Å²) in [7, 11) is 0. The first-order valence-electron chi connectivity index (χ1n) is 7.33. The van der Waals surface area contributed by atoms with E-state index in [0.29, 0.717) is 11.8 Å². The SMILES string of the molecule is CC(=O)C(c1nc(C2CCC(C)CC2)no1)C(C)C. The number of nitrogens with zero attached hydrogens (tertiary/aromatic N) is 2. The largest absolute Gasteiger partial charge is 0.339 e. The molecule has 19 heavy (non-hydrogen) atoms. The van der Waals surface area contributed by atoms with Crippen molar-refractivity contribution in [3.8, 4) is 0 Å². The van der Waals surface area contributed by atoms with Crippen LogP contribution in [0.4, 0.5) is 0 Å². The van der Waals surface area contributed by atoms with Crippen LogP contribution in [0, 0.1) is 11.8 Å². The van der Waals surface area contributed by atoms with E-state index in [1.165, 1.54) is 12.8 Å². The number of Topliss-reactive ketones (excluding diaryl/α,β-unsaturated/α-hetero) is 1. The number of carbonyl (C=O) groups excluding carboxylic acids is 1. The second-order valence-corrected chi connectivity index (χ2v) is 6.28. The third-order valence-electron chi connectivity index (χ3n) is 4.21. The van der Waals surface area contributed by atoms with Gasteiger partial charge in [0.15, 0.2) is 5.82 Å². The van der Waals surface area contributed by atoms with Crippen LogP contribution in [0.3, 0.4) is 0 Å². The van der Waals surface area contributed by atoms with Crippen LogP contribution in [0.5, 0.6) is 0 Å². The highest BCUT2D eigenvalue weighted by molar-refractivity contribution is 5.82. The molecule has 0 aliphatic heterocycles. The highest BCUT2D eigenvalue weighted by Gasteiger charge is 2.29. The summed E-state index contributed by atoms with van der Waals surface area (Å²) in [5.41, 5.74) is 0. The first-order chi connectivity index (χ1) is 8.99. The Kier molecular flexibility index (Phi) is 4.38. The van der Waals surface area contributed by atoms with Gasteiger partial charge in [0.2, 0.25) is 5.89 Å². The zero-order valence-corrected chi connectivity index (χ0v) is 12.3. The van der Waals surface area contributed by atoms with Crippen molar-refractivity contribution in [2.45, 2.75) is 65.2 Å². The Labute approximate surface area is 115 Å². The minimum atomic E-state index is -0.260. The summed E-state index contributed by atoms with van der Waals surface area (Å²) < 4.78 is 5.35. The second kappa shape index (κ2) is 5.85. The molecule has 1 atom stereocenters. The van der Waals surface area contributed by atoms with E-state index in [1.807, 2.05) is 13.8 Å². The Morgan fingerprint density at radius 2 is 1.89 bits per heavy atom. The van der Waals surface area contributed by atoms with Crippen molar-refractivity contribution < 1.29 is 9.32 Å². The number of rotatable bonds is 4. The molecule has 1 aromatic rings. The summed E-state index contributed by atoms with van der Waals surface area (Å²) in [5.74, 6) is 2.55. The average Bonchev–Trinajstić information content (AvgIpc) is 2.78. The maximum Gasteiger partial charge on any atom is 0.237 e. The molecule has 1 heterocycles. The van der Waals surface area contributed by atoms with E-state index in [9.17, 15) is 4.79 Å². The van der Waals surface area contributed by atoms with E-state index in [-0.39, 0.29) is 17.6 Å². The fraction of sp³-hybridized carbons (Fsp3) is 0.800. The molecule has 0 amide bonds. The number of hydrogen-bond acceptors (Lipinski definition) is 4. The van der Waals surface area contributed by atoms with E-state index in [1.54, 1.807) is 6.92 Å². The zero-order chi connectivity index (χ0) is 14.0. The van der Waals surface area contributed by atoms with Gasteiger partial charge in [0, 0.05) is 5.92 Å². The van der Waals surface area contributed by atoms with Crippen LogP contribution >= 0.6 is 0 Å². The molecule has 1 aliphatic rings. The van der Waals surface area contributed by atoms with Gasteiger partial charge in [0.1, 0.15) is 5.78 Å². The van der Waals surface area contributed by atoms with Gasteiger partial charge in [0.05, 0.1) is 5.92 Å². The van der Waals surface area contributed by atoms with Gasteiger partial charge >= 0.3 is 0 Å². The molecule has 1 aromatic heterocycles. The van der Waals surface area contributed by atoms with Gasteiger partial charge in [-0.05, 0) is 31.6 Å². The fourth-order valence-electron chi connectivity index (χ4n) is 2.99. The summed E-state index contributed by atoms with van der Waals surface area (Å²) in [6.07, 6.45) is 4.73. The molecular formula is C15H24N2O2. The van der Waals surface area contributed by atoms with Crippen molar-refractivity contribution in [3.05, 3.63) is 11.7 Å². The summed E-state index contributed by atoms with van der Waals surface area (Å²) >= 11 is 0. The van der Waals surface area contributed by atoms with Crippen LogP contribution < -0.4 is 0 Å². The summed E-state index contributed by atoms with van der Waals surface area (Å²) in [6.45, 7) is 7.91. The second-order valence-electron chi connectivity index (χ2n) is 6.28. The lowest BCUT2D eigenvalue weighted by Gasteiger charge is -2.23. The van der Waals surface area contributed by atoms with Gasteiger partial charge < -0.3 is 4.52 Å². The molecule has 106 valence electrons. The molecule has 0 aromatic carbocycles. The molecule has 2 rings (SSSR count). The lowest BCUT2D eigenvalue weighted by Crippen LogP contribution is -2.16. The molecule has 0 spiro atoms. The molecule has 1 saturated carbocycles. The van der Waals surface area contributed by atoms with Crippen LogP contribution in [0.25, 0.3) is 0 Å². The fourth-order valence-corrected chi connectivity index (χ4v) is 2.99. The monoisotopic (exact) mass is 264 g/mol. The maximum absolute atomic E-state index is 11.7. The molecule has 1 unspecified atom stereocenters. The number of carbonyl (C=O) groups is 1. The smallest absolute Gasteiger partial charge is 0.237 e. The molecular weight excluding hydrogens is 240 g/mol. The van der Waals surface area contributed by atoms with E-state index in [4.69, 9.17) is 4.52 Å². The summed E-state index contributed by atoms with van der Waals surface area (Å²) in [4.78, 5) is 16.2. The van der Waals surface area contributed by atoms with Crippen molar-refractivity contribution >= 4 is 5.78 Å². The molecule has 4 nitrogen and oxygen atoms in total. The van der Waals surface area contributed by atoms with E-state index < -0.39 is 0 Å².